The van der Waals surface area contributed by atoms with Crippen LogP contribution in [0.3, 0.4) is 0 Å². The van der Waals surface area contributed by atoms with E-state index in [9.17, 15) is 9.90 Å². The van der Waals surface area contributed by atoms with E-state index in [1.54, 1.807) is 0 Å². The zero-order valence-corrected chi connectivity index (χ0v) is 26.6. The summed E-state index contributed by atoms with van der Waals surface area (Å²) in [5.41, 5.74) is 0.298. The molecule has 0 spiro atoms. The third kappa shape index (κ3) is 7.30. The zero-order chi connectivity index (χ0) is 27.4. The molecule has 1 aromatic heterocycles. The zero-order valence-electron chi connectivity index (χ0n) is 24.0. The molecular weight excluding hydrogens is 520 g/mol. The minimum atomic E-state index is -1.89. The van der Waals surface area contributed by atoms with Crippen molar-refractivity contribution in [3.8, 4) is 0 Å². The summed E-state index contributed by atoms with van der Waals surface area (Å²) in [4.78, 5) is 13.6. The molecule has 0 aliphatic heterocycles. The van der Waals surface area contributed by atoms with Gasteiger partial charge in [0.2, 0.25) is 0 Å². The molecule has 1 heterocycles. The number of aryl methyl sites for hydroxylation is 1. The van der Waals surface area contributed by atoms with Crippen LogP contribution in [0.5, 0.6) is 0 Å². The fraction of sp³-hybridized carbons (Fsp3) is 0.767. The minimum absolute atomic E-state index is 0.00786. The molecule has 0 saturated heterocycles. The normalized spacial score (nSPS) is 26.8. The fourth-order valence-electron chi connectivity index (χ4n) is 5.82. The first-order valence-corrected chi connectivity index (χ1v) is 18.3. The first-order valence-electron chi connectivity index (χ1n) is 14.2. The van der Waals surface area contributed by atoms with Crippen molar-refractivity contribution in [2.75, 3.05) is 7.11 Å². The third-order valence-corrected chi connectivity index (χ3v) is 15.7. The van der Waals surface area contributed by atoms with Gasteiger partial charge in [0.05, 0.1) is 19.3 Å². The van der Waals surface area contributed by atoms with Crippen LogP contribution in [0.15, 0.2) is 24.3 Å². The summed E-state index contributed by atoms with van der Waals surface area (Å²) < 4.78 is 11.9. The van der Waals surface area contributed by atoms with Crippen molar-refractivity contribution in [2.24, 2.45) is 17.3 Å². The summed E-state index contributed by atoms with van der Waals surface area (Å²) in [5.74, 6) is 0.0734. The Morgan fingerprint density at radius 2 is 2.03 bits per heavy atom. The maximum atomic E-state index is 11.7. The highest BCUT2D eigenvalue weighted by Gasteiger charge is 2.48. The van der Waals surface area contributed by atoms with Gasteiger partial charge in [-0.2, -0.15) is 0 Å². The summed E-state index contributed by atoms with van der Waals surface area (Å²) in [6, 6.07) is 3.86. The maximum Gasteiger partial charge on any atom is 0.348 e. The number of thiophene rings is 1. The third-order valence-electron chi connectivity index (χ3n) is 9.57. The van der Waals surface area contributed by atoms with E-state index in [-0.39, 0.29) is 40.4 Å². The van der Waals surface area contributed by atoms with E-state index >= 15 is 0 Å². The summed E-state index contributed by atoms with van der Waals surface area (Å²) in [6.07, 6.45) is 13.8. The van der Waals surface area contributed by atoms with Crippen LogP contribution in [-0.4, -0.2) is 44.1 Å². The number of aliphatic hydroxyl groups is 1. The van der Waals surface area contributed by atoms with E-state index in [4.69, 9.17) is 20.8 Å². The fourth-order valence-corrected chi connectivity index (χ4v) is 8.67. The standard InChI is InChI=1S/C30H49ClO4SSi/c1-8-30(18-11-19-30)27(35-37(6,7)29(2,3)4)15-10-14-23-22(24(31)20-25(23)32)13-9-12-21-16-17-26(36-21)28(33)34-5/h10,14,16-17,22-25,27,32H,8-9,11-13,15,18-20H2,1-7H3/b14-10+/t22-,23-,24-,25-,27?/m1/s1. The van der Waals surface area contributed by atoms with Gasteiger partial charge in [-0.05, 0) is 93.0 Å². The number of hydrogen-bond donors (Lipinski definition) is 1. The van der Waals surface area contributed by atoms with E-state index < -0.39 is 8.32 Å². The van der Waals surface area contributed by atoms with Crippen molar-refractivity contribution in [1.82, 2.24) is 0 Å². The molecule has 0 amide bonds. The molecule has 0 radical (unpaired) electrons. The molecule has 2 aliphatic rings. The van der Waals surface area contributed by atoms with Crippen LogP contribution in [0.4, 0.5) is 0 Å². The van der Waals surface area contributed by atoms with Crippen molar-refractivity contribution in [2.45, 2.75) is 121 Å². The van der Waals surface area contributed by atoms with Gasteiger partial charge in [0, 0.05) is 16.2 Å². The van der Waals surface area contributed by atoms with Crippen LogP contribution < -0.4 is 0 Å². The largest absolute Gasteiger partial charge is 0.465 e. The van der Waals surface area contributed by atoms with E-state index in [0.717, 1.165) is 25.7 Å². The number of esters is 1. The molecule has 4 nitrogen and oxygen atoms in total. The molecule has 2 saturated carbocycles. The highest BCUT2D eigenvalue weighted by Crippen LogP contribution is 2.51. The number of methoxy groups -OCH3 is 1. The number of hydrogen-bond acceptors (Lipinski definition) is 5. The van der Waals surface area contributed by atoms with Gasteiger partial charge >= 0.3 is 5.97 Å². The van der Waals surface area contributed by atoms with Crippen LogP contribution in [0, 0.1) is 17.3 Å². The quantitative estimate of drug-likeness (QED) is 0.119. The van der Waals surface area contributed by atoms with Gasteiger partial charge in [0.15, 0.2) is 8.32 Å². The minimum Gasteiger partial charge on any atom is -0.465 e. The molecule has 2 aliphatic carbocycles. The van der Waals surface area contributed by atoms with Gasteiger partial charge in [0.25, 0.3) is 0 Å². The highest BCUT2D eigenvalue weighted by molar-refractivity contribution is 7.13. The van der Waals surface area contributed by atoms with Gasteiger partial charge in [-0.3, -0.25) is 0 Å². The Balaban J connectivity index is 1.64. The number of rotatable bonds is 12. The second kappa shape index (κ2) is 12.7. The molecule has 2 fully saturated rings. The second-order valence-electron chi connectivity index (χ2n) is 12.8. The summed E-state index contributed by atoms with van der Waals surface area (Å²) in [6.45, 7) is 14.0. The van der Waals surface area contributed by atoms with Gasteiger partial charge in [-0.15, -0.1) is 22.9 Å². The Bertz CT molecular complexity index is 911. The number of alkyl halides is 1. The molecule has 7 heteroatoms. The molecular formula is C30H49ClO4SSi. The lowest BCUT2D eigenvalue weighted by Crippen LogP contribution is -2.51. The van der Waals surface area contributed by atoms with Crippen LogP contribution in [0.2, 0.25) is 18.1 Å². The van der Waals surface area contributed by atoms with Crippen molar-refractivity contribution in [1.29, 1.82) is 0 Å². The van der Waals surface area contributed by atoms with Crippen molar-refractivity contribution in [3.05, 3.63) is 34.0 Å². The lowest BCUT2D eigenvalue weighted by Gasteiger charge is -2.51. The molecule has 0 bridgehead atoms. The van der Waals surface area contributed by atoms with Gasteiger partial charge in [-0.1, -0.05) is 46.3 Å². The predicted molar refractivity (Wildman–Crippen MR) is 158 cm³/mol. The van der Waals surface area contributed by atoms with Crippen molar-refractivity contribution in [3.63, 3.8) is 0 Å². The molecule has 5 atom stereocenters. The SMILES string of the molecule is CCC1(C(C/C=C/[C@@H]2[C@@H](CCCc3ccc(C(=O)OC)s3)[C@H](Cl)C[C@H]2O)O[Si](C)(C)C(C)(C)C)CCC1. The monoisotopic (exact) mass is 568 g/mol. The summed E-state index contributed by atoms with van der Waals surface area (Å²) >= 11 is 8.25. The van der Waals surface area contributed by atoms with E-state index in [0.29, 0.717) is 16.7 Å². The Morgan fingerprint density at radius 3 is 2.59 bits per heavy atom. The smallest absolute Gasteiger partial charge is 0.348 e. The average molecular weight is 569 g/mol. The van der Waals surface area contributed by atoms with Crippen LogP contribution >= 0.6 is 22.9 Å². The molecule has 3 rings (SSSR count). The summed E-state index contributed by atoms with van der Waals surface area (Å²) in [7, 11) is -0.472. The average Bonchev–Trinajstić information content (AvgIpc) is 3.36. The Morgan fingerprint density at radius 1 is 1.32 bits per heavy atom. The van der Waals surface area contributed by atoms with Gasteiger partial charge < -0.3 is 14.3 Å². The Kier molecular flexibility index (Phi) is 10.6. The van der Waals surface area contributed by atoms with Gasteiger partial charge in [-0.25, -0.2) is 4.79 Å². The predicted octanol–water partition coefficient (Wildman–Crippen LogP) is 8.38. The first kappa shape index (κ1) is 30.9. The van der Waals surface area contributed by atoms with E-state index in [1.165, 1.54) is 49.0 Å². The number of aliphatic hydroxyl groups excluding tert-OH is 1. The Hall–Kier alpha value is -0.663. The van der Waals surface area contributed by atoms with Crippen molar-refractivity contribution < 1.29 is 19.1 Å². The lowest BCUT2D eigenvalue weighted by molar-refractivity contribution is -0.0273. The van der Waals surface area contributed by atoms with E-state index in [2.05, 4.69) is 52.9 Å². The first-order chi connectivity index (χ1) is 17.3. The maximum absolute atomic E-state index is 11.7. The second-order valence-corrected chi connectivity index (χ2v) is 19.3. The molecule has 1 aromatic rings. The van der Waals surface area contributed by atoms with Crippen LogP contribution in [0.25, 0.3) is 0 Å². The van der Waals surface area contributed by atoms with Gasteiger partial charge in [0.1, 0.15) is 4.88 Å². The number of ether oxygens (including phenoxy) is 1. The summed E-state index contributed by atoms with van der Waals surface area (Å²) in [5, 5.41) is 11.0. The van der Waals surface area contributed by atoms with Crippen molar-refractivity contribution >= 4 is 37.2 Å². The molecule has 210 valence electrons. The molecule has 1 unspecified atom stereocenters. The molecule has 37 heavy (non-hydrogen) atoms. The highest BCUT2D eigenvalue weighted by atomic mass is 35.5. The number of carbonyl (C=O) groups excluding carboxylic acids is 1. The molecule has 0 aromatic carbocycles. The lowest BCUT2D eigenvalue weighted by atomic mass is 9.63. The number of carbonyl (C=O) groups is 1. The Labute approximate surface area is 235 Å². The molecule has 1 N–H and O–H groups in total. The van der Waals surface area contributed by atoms with Crippen LogP contribution in [0.1, 0.15) is 93.6 Å². The topological polar surface area (TPSA) is 55.8 Å². The van der Waals surface area contributed by atoms with Crippen LogP contribution in [-0.2, 0) is 15.6 Å². The van der Waals surface area contributed by atoms with E-state index in [1.807, 2.05) is 12.1 Å². The number of halogens is 1.